The summed E-state index contributed by atoms with van der Waals surface area (Å²) in [6.07, 6.45) is 1.67. The zero-order valence-electron chi connectivity index (χ0n) is 17.9. The molecule has 1 heterocycles. The predicted octanol–water partition coefficient (Wildman–Crippen LogP) is 6.94. The number of benzene rings is 3. The van der Waals surface area contributed by atoms with Crippen LogP contribution in [0.5, 0.6) is 5.75 Å². The summed E-state index contributed by atoms with van der Waals surface area (Å²) in [7, 11) is 0. The van der Waals surface area contributed by atoms with Crippen molar-refractivity contribution >= 4 is 52.1 Å². The van der Waals surface area contributed by atoms with Gasteiger partial charge in [0.2, 0.25) is 4.80 Å². The van der Waals surface area contributed by atoms with Crippen molar-refractivity contribution in [3.8, 4) is 17.0 Å². The standard InChI is InChI=1S/C24H18Cl2N4O3S/c1-2-33-18-10-7-16(8-11-18)14-27-29-23(19-12-9-17(25)13-20(19)26)15-34-24(29)28-21-5-3-4-6-22(21)30(31)32/h3-15H,2H2,1H3/b27-14+,28-24?. The van der Waals surface area contributed by atoms with Crippen molar-refractivity contribution in [3.63, 3.8) is 0 Å². The predicted molar refractivity (Wildman–Crippen MR) is 137 cm³/mol. The lowest BCUT2D eigenvalue weighted by Gasteiger charge is -2.06. The Morgan fingerprint density at radius 1 is 1.12 bits per heavy atom. The number of halogens is 2. The minimum Gasteiger partial charge on any atom is -0.494 e. The molecule has 4 aromatic rings. The third-order valence-electron chi connectivity index (χ3n) is 4.70. The van der Waals surface area contributed by atoms with E-state index in [0.29, 0.717) is 32.7 Å². The van der Waals surface area contributed by atoms with E-state index in [9.17, 15) is 10.1 Å². The fourth-order valence-corrected chi connectivity index (χ4v) is 4.47. The zero-order chi connectivity index (χ0) is 24.1. The van der Waals surface area contributed by atoms with Gasteiger partial charge in [-0.2, -0.15) is 5.10 Å². The lowest BCUT2D eigenvalue weighted by molar-refractivity contribution is -0.384. The quantitative estimate of drug-likeness (QED) is 0.152. The summed E-state index contributed by atoms with van der Waals surface area (Å²) >= 11 is 13.8. The first kappa shape index (κ1) is 23.7. The summed E-state index contributed by atoms with van der Waals surface area (Å²) in [4.78, 5) is 16.0. The van der Waals surface area contributed by atoms with Crippen LogP contribution in [-0.2, 0) is 0 Å². The van der Waals surface area contributed by atoms with E-state index in [1.165, 1.54) is 17.4 Å². The van der Waals surface area contributed by atoms with Crippen LogP contribution >= 0.6 is 34.5 Å². The highest BCUT2D eigenvalue weighted by Crippen LogP contribution is 2.31. The molecule has 7 nitrogen and oxygen atoms in total. The first-order chi connectivity index (χ1) is 16.5. The number of para-hydroxylation sites is 2. The van der Waals surface area contributed by atoms with Gasteiger partial charge in [-0.3, -0.25) is 10.1 Å². The van der Waals surface area contributed by atoms with Crippen LogP contribution in [0.1, 0.15) is 12.5 Å². The monoisotopic (exact) mass is 512 g/mol. The molecule has 0 unspecified atom stereocenters. The van der Waals surface area contributed by atoms with Crippen molar-refractivity contribution in [1.82, 2.24) is 4.68 Å². The molecule has 0 fully saturated rings. The SMILES string of the molecule is CCOc1ccc(/C=N/n2c(-c3ccc(Cl)cc3Cl)csc2=Nc2ccccc2[N+](=O)[O-])cc1. The molecule has 0 aliphatic heterocycles. The minimum atomic E-state index is -0.461. The van der Waals surface area contributed by atoms with Gasteiger partial charge < -0.3 is 4.74 Å². The number of hydrogen-bond acceptors (Lipinski definition) is 6. The second-order valence-corrected chi connectivity index (χ2v) is 8.62. The number of rotatable bonds is 7. The molecule has 4 rings (SSSR count). The van der Waals surface area contributed by atoms with Crippen molar-refractivity contribution in [2.24, 2.45) is 10.1 Å². The molecule has 0 aliphatic rings. The average molecular weight is 513 g/mol. The molecule has 0 saturated carbocycles. The second-order valence-electron chi connectivity index (χ2n) is 6.94. The van der Waals surface area contributed by atoms with Gasteiger partial charge in [0.25, 0.3) is 5.69 Å². The van der Waals surface area contributed by atoms with Crippen LogP contribution in [0.3, 0.4) is 0 Å². The molecule has 0 spiro atoms. The first-order valence-electron chi connectivity index (χ1n) is 10.2. The van der Waals surface area contributed by atoms with Gasteiger partial charge in [0.1, 0.15) is 11.4 Å². The average Bonchev–Trinajstić information content (AvgIpc) is 3.21. The maximum Gasteiger partial charge on any atom is 0.294 e. The number of hydrogen-bond donors (Lipinski definition) is 0. The summed E-state index contributed by atoms with van der Waals surface area (Å²) in [5, 5.41) is 18.9. The number of nitro groups is 1. The van der Waals surface area contributed by atoms with Crippen LogP contribution in [0.2, 0.25) is 10.0 Å². The molecular formula is C24H18Cl2N4O3S. The third-order valence-corrected chi connectivity index (χ3v) is 6.06. The van der Waals surface area contributed by atoms with E-state index in [0.717, 1.165) is 11.3 Å². The molecule has 0 radical (unpaired) electrons. The molecule has 0 atom stereocenters. The molecule has 0 saturated heterocycles. The van der Waals surface area contributed by atoms with Crippen LogP contribution in [0.25, 0.3) is 11.3 Å². The molecule has 10 heteroatoms. The Morgan fingerprint density at radius 3 is 2.59 bits per heavy atom. The number of ether oxygens (including phenoxy) is 1. The maximum absolute atomic E-state index is 11.5. The summed E-state index contributed by atoms with van der Waals surface area (Å²) in [6.45, 7) is 2.51. The van der Waals surface area contributed by atoms with Crippen LogP contribution in [0.4, 0.5) is 11.4 Å². The van der Waals surface area contributed by atoms with Crippen LogP contribution in [0, 0.1) is 10.1 Å². The number of nitrogens with zero attached hydrogens (tertiary/aromatic N) is 4. The van der Waals surface area contributed by atoms with Gasteiger partial charge in [0.15, 0.2) is 0 Å². The van der Waals surface area contributed by atoms with Crippen molar-refractivity contribution in [3.05, 3.63) is 103 Å². The number of nitro benzene ring substituents is 1. The molecule has 0 amide bonds. The molecule has 3 aromatic carbocycles. The first-order valence-corrected chi connectivity index (χ1v) is 11.8. The topological polar surface area (TPSA) is 82.0 Å². The zero-order valence-corrected chi connectivity index (χ0v) is 20.2. The minimum absolute atomic E-state index is 0.0935. The van der Waals surface area contributed by atoms with Gasteiger partial charge in [-0.05, 0) is 61.0 Å². The molecule has 34 heavy (non-hydrogen) atoms. The smallest absolute Gasteiger partial charge is 0.294 e. The molecule has 1 aromatic heterocycles. The van der Waals surface area contributed by atoms with Crippen molar-refractivity contribution in [1.29, 1.82) is 0 Å². The molecule has 0 aliphatic carbocycles. The Morgan fingerprint density at radius 2 is 1.88 bits per heavy atom. The van der Waals surface area contributed by atoms with Crippen molar-refractivity contribution in [2.75, 3.05) is 6.61 Å². The molecule has 0 bridgehead atoms. The Labute approximate surface area is 209 Å². The fourth-order valence-electron chi connectivity index (χ4n) is 3.13. The van der Waals surface area contributed by atoms with Gasteiger partial charge in [0, 0.05) is 22.0 Å². The molecule has 0 N–H and O–H groups in total. The Kier molecular flexibility index (Phi) is 7.42. The van der Waals surface area contributed by atoms with Gasteiger partial charge in [-0.1, -0.05) is 35.3 Å². The van der Waals surface area contributed by atoms with E-state index in [1.807, 2.05) is 36.6 Å². The maximum atomic E-state index is 11.5. The van der Waals surface area contributed by atoms with Gasteiger partial charge in [-0.25, -0.2) is 9.67 Å². The highest BCUT2D eigenvalue weighted by molar-refractivity contribution is 7.07. The highest BCUT2D eigenvalue weighted by atomic mass is 35.5. The van der Waals surface area contributed by atoms with E-state index < -0.39 is 4.92 Å². The fraction of sp³-hybridized carbons (Fsp3) is 0.0833. The van der Waals surface area contributed by atoms with E-state index >= 15 is 0 Å². The lowest BCUT2D eigenvalue weighted by atomic mass is 10.2. The number of aromatic nitrogens is 1. The van der Waals surface area contributed by atoms with E-state index in [4.69, 9.17) is 27.9 Å². The van der Waals surface area contributed by atoms with E-state index in [-0.39, 0.29) is 11.4 Å². The van der Waals surface area contributed by atoms with Crippen molar-refractivity contribution < 1.29 is 9.66 Å². The Bertz CT molecular complexity index is 1430. The number of thiazole rings is 1. The van der Waals surface area contributed by atoms with Crippen LogP contribution < -0.4 is 9.54 Å². The summed E-state index contributed by atoms with van der Waals surface area (Å²) in [6, 6.07) is 19.0. The normalized spacial score (nSPS) is 11.8. The Balaban J connectivity index is 1.85. The summed E-state index contributed by atoms with van der Waals surface area (Å²) in [5.41, 5.74) is 2.35. The highest BCUT2D eigenvalue weighted by Gasteiger charge is 2.15. The van der Waals surface area contributed by atoms with Crippen LogP contribution in [-0.4, -0.2) is 22.4 Å². The third kappa shape index (κ3) is 5.36. The Hall–Kier alpha value is -3.46. The molecule has 172 valence electrons. The second kappa shape index (κ2) is 10.6. The van der Waals surface area contributed by atoms with Gasteiger partial charge in [0.05, 0.1) is 28.5 Å². The van der Waals surface area contributed by atoms with Gasteiger partial charge >= 0.3 is 0 Å². The van der Waals surface area contributed by atoms with Gasteiger partial charge in [-0.15, -0.1) is 11.3 Å². The summed E-state index contributed by atoms with van der Waals surface area (Å²) in [5.74, 6) is 0.767. The van der Waals surface area contributed by atoms with Crippen molar-refractivity contribution in [2.45, 2.75) is 6.92 Å². The largest absolute Gasteiger partial charge is 0.494 e. The molecular weight excluding hydrogens is 495 g/mol. The van der Waals surface area contributed by atoms with Crippen LogP contribution in [0.15, 0.2) is 82.2 Å². The summed E-state index contributed by atoms with van der Waals surface area (Å²) < 4.78 is 7.09. The lowest BCUT2D eigenvalue weighted by Crippen LogP contribution is -2.12. The van der Waals surface area contributed by atoms with E-state index in [2.05, 4.69) is 10.1 Å². The van der Waals surface area contributed by atoms with E-state index in [1.54, 1.807) is 47.3 Å².